The largest absolute Gasteiger partial charge is 0.495 e. The van der Waals surface area contributed by atoms with Crippen LogP contribution in [0.1, 0.15) is 5.69 Å². The second kappa shape index (κ2) is 8.14. The summed E-state index contributed by atoms with van der Waals surface area (Å²) in [6.45, 7) is 0. The standard InChI is InChI=1S/C19H14ClN3O3S2/c1-25-15-5-4-11(7-13(15)20)14-10-28-19(22-14)23-17(24)8-12-9-27-18(21-12)16-3-2-6-26-16/h2-7,9-10H,8H2,1H3,(H,22,23,24). The van der Waals surface area contributed by atoms with Crippen LogP contribution in [-0.4, -0.2) is 23.0 Å². The van der Waals surface area contributed by atoms with Gasteiger partial charge in [0.1, 0.15) is 5.75 Å². The van der Waals surface area contributed by atoms with Crippen molar-refractivity contribution in [1.82, 2.24) is 9.97 Å². The predicted molar refractivity (Wildman–Crippen MR) is 111 cm³/mol. The van der Waals surface area contributed by atoms with Gasteiger partial charge in [-0.15, -0.1) is 22.7 Å². The molecule has 0 bridgehead atoms. The number of nitrogens with one attached hydrogen (secondary N) is 1. The van der Waals surface area contributed by atoms with Gasteiger partial charge in [0.05, 0.1) is 36.2 Å². The van der Waals surface area contributed by atoms with Crippen molar-refractivity contribution >= 4 is 45.3 Å². The van der Waals surface area contributed by atoms with Crippen molar-refractivity contribution < 1.29 is 13.9 Å². The molecule has 0 spiro atoms. The Labute approximate surface area is 173 Å². The molecule has 1 aromatic carbocycles. The number of thiazole rings is 2. The fourth-order valence-corrected chi connectivity index (χ4v) is 4.30. The fourth-order valence-electron chi connectivity index (χ4n) is 2.52. The fraction of sp³-hybridized carbons (Fsp3) is 0.105. The molecule has 3 heterocycles. The first-order valence-electron chi connectivity index (χ1n) is 8.20. The van der Waals surface area contributed by atoms with Crippen LogP contribution in [0.2, 0.25) is 5.02 Å². The minimum Gasteiger partial charge on any atom is -0.495 e. The molecule has 0 aliphatic carbocycles. The smallest absolute Gasteiger partial charge is 0.232 e. The summed E-state index contributed by atoms with van der Waals surface area (Å²) in [6, 6.07) is 9.09. The molecule has 0 radical (unpaired) electrons. The van der Waals surface area contributed by atoms with E-state index in [4.69, 9.17) is 20.8 Å². The van der Waals surface area contributed by atoms with E-state index in [1.54, 1.807) is 31.6 Å². The number of benzene rings is 1. The van der Waals surface area contributed by atoms with Gasteiger partial charge >= 0.3 is 0 Å². The van der Waals surface area contributed by atoms with Crippen molar-refractivity contribution in [2.75, 3.05) is 12.4 Å². The molecular formula is C19H14ClN3O3S2. The maximum Gasteiger partial charge on any atom is 0.232 e. The summed E-state index contributed by atoms with van der Waals surface area (Å²) < 4.78 is 10.5. The minimum atomic E-state index is -0.176. The summed E-state index contributed by atoms with van der Waals surface area (Å²) in [5, 5.41) is 8.31. The second-order valence-electron chi connectivity index (χ2n) is 5.73. The zero-order valence-electron chi connectivity index (χ0n) is 14.6. The maximum absolute atomic E-state index is 12.3. The first kappa shape index (κ1) is 18.7. The maximum atomic E-state index is 12.3. The number of methoxy groups -OCH3 is 1. The van der Waals surface area contributed by atoms with Crippen molar-refractivity contribution in [1.29, 1.82) is 0 Å². The van der Waals surface area contributed by atoms with Gasteiger partial charge in [0, 0.05) is 16.3 Å². The molecule has 0 aliphatic rings. The van der Waals surface area contributed by atoms with Gasteiger partial charge in [0.15, 0.2) is 15.9 Å². The summed E-state index contributed by atoms with van der Waals surface area (Å²) in [5.41, 5.74) is 2.27. The molecule has 28 heavy (non-hydrogen) atoms. The molecule has 0 fully saturated rings. The highest BCUT2D eigenvalue weighted by Crippen LogP contribution is 2.32. The van der Waals surface area contributed by atoms with E-state index in [0.717, 1.165) is 16.3 Å². The van der Waals surface area contributed by atoms with Crippen molar-refractivity contribution in [2.45, 2.75) is 6.42 Å². The van der Waals surface area contributed by atoms with Crippen LogP contribution in [0.3, 0.4) is 0 Å². The van der Waals surface area contributed by atoms with E-state index in [1.165, 1.54) is 22.7 Å². The van der Waals surface area contributed by atoms with Gasteiger partial charge in [-0.25, -0.2) is 9.97 Å². The topological polar surface area (TPSA) is 77.2 Å². The molecule has 3 aromatic heterocycles. The number of anilines is 1. The lowest BCUT2D eigenvalue weighted by Gasteiger charge is -2.04. The molecule has 4 rings (SSSR count). The van der Waals surface area contributed by atoms with Crippen molar-refractivity contribution in [3.63, 3.8) is 0 Å². The second-order valence-corrected chi connectivity index (χ2v) is 7.86. The van der Waals surface area contributed by atoms with Crippen LogP contribution in [0, 0.1) is 0 Å². The van der Waals surface area contributed by atoms with Gasteiger partial charge in [-0.2, -0.15) is 0 Å². The Morgan fingerprint density at radius 3 is 2.89 bits per heavy atom. The van der Waals surface area contributed by atoms with Gasteiger partial charge < -0.3 is 14.5 Å². The predicted octanol–water partition coefficient (Wildman–Crippen LogP) is 5.37. The Hall–Kier alpha value is -2.68. The molecule has 0 aliphatic heterocycles. The number of ether oxygens (including phenoxy) is 1. The molecule has 6 nitrogen and oxygen atoms in total. The zero-order valence-corrected chi connectivity index (χ0v) is 17.0. The average Bonchev–Trinajstić information content (AvgIpc) is 3.43. The molecule has 0 unspecified atom stereocenters. The molecule has 0 saturated carbocycles. The first-order valence-corrected chi connectivity index (χ1v) is 10.3. The van der Waals surface area contributed by atoms with E-state index in [0.29, 0.717) is 27.4 Å². The lowest BCUT2D eigenvalue weighted by Crippen LogP contribution is -2.14. The third-order valence-electron chi connectivity index (χ3n) is 3.82. The Balaban J connectivity index is 1.41. The Morgan fingerprint density at radius 1 is 1.25 bits per heavy atom. The third-order valence-corrected chi connectivity index (χ3v) is 5.78. The van der Waals surface area contributed by atoms with E-state index in [9.17, 15) is 4.79 Å². The van der Waals surface area contributed by atoms with E-state index in [1.807, 2.05) is 22.9 Å². The van der Waals surface area contributed by atoms with Gasteiger partial charge in [-0.1, -0.05) is 11.6 Å². The highest BCUT2D eigenvalue weighted by atomic mass is 35.5. The summed E-state index contributed by atoms with van der Waals surface area (Å²) in [7, 11) is 1.57. The number of hydrogen-bond donors (Lipinski definition) is 1. The first-order chi connectivity index (χ1) is 13.6. The van der Waals surface area contributed by atoms with Crippen molar-refractivity contribution in [3.8, 4) is 27.8 Å². The van der Waals surface area contributed by atoms with Gasteiger partial charge in [-0.3, -0.25) is 4.79 Å². The Kier molecular flexibility index (Phi) is 5.43. The van der Waals surface area contributed by atoms with Gasteiger partial charge in [0.2, 0.25) is 5.91 Å². The molecule has 0 saturated heterocycles. The lowest BCUT2D eigenvalue weighted by atomic mass is 10.2. The number of furan rings is 1. The minimum absolute atomic E-state index is 0.167. The van der Waals surface area contributed by atoms with E-state index in [-0.39, 0.29) is 12.3 Å². The Bertz CT molecular complexity index is 1110. The average molecular weight is 432 g/mol. The lowest BCUT2D eigenvalue weighted by molar-refractivity contribution is -0.115. The van der Waals surface area contributed by atoms with Crippen LogP contribution in [0.15, 0.2) is 51.8 Å². The Morgan fingerprint density at radius 2 is 2.14 bits per heavy atom. The zero-order chi connectivity index (χ0) is 19.5. The molecule has 0 atom stereocenters. The monoisotopic (exact) mass is 431 g/mol. The number of nitrogens with zero attached hydrogens (tertiary/aromatic N) is 2. The summed E-state index contributed by atoms with van der Waals surface area (Å²) in [5.74, 6) is 1.12. The molecule has 4 aromatic rings. The normalized spacial score (nSPS) is 10.8. The quantitative estimate of drug-likeness (QED) is 0.444. The van der Waals surface area contributed by atoms with Crippen LogP contribution >= 0.6 is 34.3 Å². The number of amides is 1. The summed E-state index contributed by atoms with van der Waals surface area (Å²) in [4.78, 5) is 21.2. The van der Waals surface area contributed by atoms with E-state index < -0.39 is 0 Å². The molecule has 9 heteroatoms. The van der Waals surface area contributed by atoms with Crippen LogP contribution < -0.4 is 10.1 Å². The number of hydrogen-bond acceptors (Lipinski definition) is 7. The third kappa shape index (κ3) is 4.09. The number of halogens is 1. The van der Waals surface area contributed by atoms with E-state index in [2.05, 4.69) is 15.3 Å². The van der Waals surface area contributed by atoms with Crippen molar-refractivity contribution in [2.24, 2.45) is 0 Å². The number of aromatic nitrogens is 2. The number of rotatable bonds is 6. The van der Waals surface area contributed by atoms with Gasteiger partial charge in [0.25, 0.3) is 0 Å². The number of carbonyl (C=O) groups excluding carboxylic acids is 1. The van der Waals surface area contributed by atoms with E-state index >= 15 is 0 Å². The summed E-state index contributed by atoms with van der Waals surface area (Å²) in [6.07, 6.45) is 1.76. The molecule has 1 N–H and O–H groups in total. The van der Waals surface area contributed by atoms with Gasteiger partial charge in [-0.05, 0) is 30.3 Å². The van der Waals surface area contributed by atoms with Crippen molar-refractivity contribution in [3.05, 3.63) is 58.1 Å². The highest BCUT2D eigenvalue weighted by molar-refractivity contribution is 7.14. The molecule has 142 valence electrons. The molecular weight excluding hydrogens is 418 g/mol. The SMILES string of the molecule is COc1ccc(-c2csc(NC(=O)Cc3csc(-c4ccco4)n3)n2)cc1Cl. The number of carbonyl (C=O) groups is 1. The van der Waals surface area contributed by atoms with Crippen LogP contribution in [-0.2, 0) is 11.2 Å². The highest BCUT2D eigenvalue weighted by Gasteiger charge is 2.13. The summed E-state index contributed by atoms with van der Waals surface area (Å²) >= 11 is 8.96. The van der Waals surface area contributed by atoms with Crippen LogP contribution in [0.5, 0.6) is 5.75 Å². The van der Waals surface area contributed by atoms with Crippen LogP contribution in [0.25, 0.3) is 22.0 Å². The van der Waals surface area contributed by atoms with Crippen LogP contribution in [0.4, 0.5) is 5.13 Å². The molecule has 1 amide bonds.